The minimum atomic E-state index is 0.0289. The van der Waals surface area contributed by atoms with E-state index < -0.39 is 0 Å². The molecule has 0 radical (unpaired) electrons. The van der Waals surface area contributed by atoms with E-state index in [9.17, 15) is 9.59 Å². The van der Waals surface area contributed by atoms with Gasteiger partial charge in [-0.1, -0.05) is 65.0 Å². The van der Waals surface area contributed by atoms with E-state index in [1.54, 1.807) is 19.6 Å². The third kappa shape index (κ3) is 11.2. The van der Waals surface area contributed by atoms with Crippen molar-refractivity contribution in [1.29, 1.82) is 0 Å². The highest BCUT2D eigenvalue weighted by atomic mass is 32.1. The Morgan fingerprint density at radius 1 is 0.641 bits per heavy atom. The van der Waals surface area contributed by atoms with Crippen LogP contribution in [-0.4, -0.2) is 107 Å². The second-order valence-electron chi connectivity index (χ2n) is 12.4. The molecule has 0 aromatic rings. The maximum atomic E-state index is 12.5. The molecule has 4 amide bonds. The van der Waals surface area contributed by atoms with Crippen molar-refractivity contribution >= 4 is 46.5 Å². The molecule has 2 rings (SSSR count). The standard InChI is InChI=1S/C29H52N4O4S2/c1-7-30-20-24(38)32(26(30)34)22-28(3,4)14-9-11-16-36-18-13-19-37-17-12-10-15-29(5,6)23-33-25(39)21-31(8-2)27(33)35/h7-23H2,1-6H3. The smallest absolute Gasteiger partial charge is 0.325 e. The quantitative estimate of drug-likeness (QED) is 0.130. The summed E-state index contributed by atoms with van der Waals surface area (Å²) in [5.74, 6) is 0. The highest BCUT2D eigenvalue weighted by molar-refractivity contribution is 7.80. The zero-order valence-electron chi connectivity index (χ0n) is 25.3. The van der Waals surface area contributed by atoms with Crippen molar-refractivity contribution in [3.63, 3.8) is 0 Å². The zero-order valence-corrected chi connectivity index (χ0v) is 26.9. The van der Waals surface area contributed by atoms with Crippen LogP contribution in [0.5, 0.6) is 0 Å². The Morgan fingerprint density at radius 2 is 1.00 bits per heavy atom. The minimum absolute atomic E-state index is 0.0289. The highest BCUT2D eigenvalue weighted by Crippen LogP contribution is 2.28. The molecule has 10 heteroatoms. The lowest BCUT2D eigenvalue weighted by molar-refractivity contribution is 0.0774. The van der Waals surface area contributed by atoms with Crippen LogP contribution < -0.4 is 0 Å². The summed E-state index contributed by atoms with van der Waals surface area (Å²) in [4.78, 5) is 33.6. The predicted octanol–water partition coefficient (Wildman–Crippen LogP) is 5.97. The van der Waals surface area contributed by atoms with E-state index in [4.69, 9.17) is 33.9 Å². The first-order chi connectivity index (χ1) is 18.4. The fraction of sp³-hybridized carbons (Fsp3) is 0.862. The van der Waals surface area contributed by atoms with Gasteiger partial charge in [0.2, 0.25) is 0 Å². The van der Waals surface area contributed by atoms with Gasteiger partial charge in [-0.2, -0.15) is 0 Å². The Hall–Kier alpha value is -1.36. The molecule has 0 N–H and O–H groups in total. The molecule has 0 spiro atoms. The molecule has 2 aliphatic rings. The first kappa shape index (κ1) is 33.8. The number of carbonyl (C=O) groups excluding carboxylic acids is 2. The van der Waals surface area contributed by atoms with Crippen LogP contribution >= 0.6 is 24.4 Å². The molecule has 2 heterocycles. The minimum Gasteiger partial charge on any atom is -0.381 e. The Kier molecular flexibility index (Phi) is 14.0. The summed E-state index contributed by atoms with van der Waals surface area (Å²) in [7, 11) is 0. The fourth-order valence-electron chi connectivity index (χ4n) is 5.09. The van der Waals surface area contributed by atoms with Crippen LogP contribution in [0.4, 0.5) is 9.59 Å². The monoisotopic (exact) mass is 584 g/mol. The second kappa shape index (κ2) is 16.2. The molecule has 0 atom stereocenters. The van der Waals surface area contributed by atoms with Crippen LogP contribution in [0.15, 0.2) is 0 Å². The van der Waals surface area contributed by atoms with Gasteiger partial charge in [-0.25, -0.2) is 9.59 Å². The number of ether oxygens (including phenoxy) is 2. The fourth-order valence-corrected chi connectivity index (χ4v) is 5.69. The maximum absolute atomic E-state index is 12.5. The number of carbonyl (C=O) groups is 2. The average molecular weight is 585 g/mol. The predicted molar refractivity (Wildman–Crippen MR) is 165 cm³/mol. The van der Waals surface area contributed by atoms with E-state index >= 15 is 0 Å². The van der Waals surface area contributed by atoms with Gasteiger partial charge < -0.3 is 19.3 Å². The van der Waals surface area contributed by atoms with Crippen molar-refractivity contribution < 1.29 is 19.1 Å². The Balaban J connectivity index is 1.44. The van der Waals surface area contributed by atoms with Gasteiger partial charge in [0.05, 0.1) is 13.1 Å². The zero-order chi connectivity index (χ0) is 29.1. The Labute approximate surface area is 247 Å². The van der Waals surface area contributed by atoms with Crippen molar-refractivity contribution in [1.82, 2.24) is 19.6 Å². The number of unbranched alkanes of at least 4 members (excludes halogenated alkanes) is 2. The maximum Gasteiger partial charge on any atom is 0.325 e. The van der Waals surface area contributed by atoms with Gasteiger partial charge in [-0.15, -0.1) is 0 Å². The summed E-state index contributed by atoms with van der Waals surface area (Å²) in [6.07, 6.45) is 7.15. The van der Waals surface area contributed by atoms with Gasteiger partial charge in [0.1, 0.15) is 9.98 Å². The van der Waals surface area contributed by atoms with Crippen LogP contribution in [-0.2, 0) is 9.47 Å². The highest BCUT2D eigenvalue weighted by Gasteiger charge is 2.36. The van der Waals surface area contributed by atoms with Crippen molar-refractivity contribution in [2.75, 3.05) is 65.7 Å². The molecule has 0 aromatic heterocycles. The molecule has 0 aliphatic carbocycles. The third-order valence-electron chi connectivity index (χ3n) is 7.55. The molecular formula is C29H52N4O4S2. The third-order valence-corrected chi connectivity index (χ3v) is 8.25. The summed E-state index contributed by atoms with van der Waals surface area (Å²) in [6.45, 7) is 19.7. The van der Waals surface area contributed by atoms with E-state index in [0.29, 0.717) is 39.3 Å². The van der Waals surface area contributed by atoms with Crippen LogP contribution in [0.25, 0.3) is 0 Å². The lowest BCUT2D eigenvalue weighted by Gasteiger charge is -2.30. The van der Waals surface area contributed by atoms with Gasteiger partial charge in [0, 0.05) is 52.6 Å². The first-order valence-corrected chi connectivity index (χ1v) is 15.6. The topological polar surface area (TPSA) is 65.6 Å². The SMILES string of the molecule is CCN1CC(=S)N(CC(C)(C)CCCCOCCCOCCCCC(C)(C)CN2C(=O)N(CC)CC2=S)C1=O. The number of thiocarbonyl (C=S) groups is 2. The van der Waals surface area contributed by atoms with Crippen LogP contribution in [0.1, 0.15) is 86.5 Å². The van der Waals surface area contributed by atoms with Crippen molar-refractivity contribution in [2.24, 2.45) is 10.8 Å². The Bertz CT molecular complexity index is 770. The number of hydrogen-bond donors (Lipinski definition) is 0. The van der Waals surface area contributed by atoms with E-state index in [1.165, 1.54) is 0 Å². The Morgan fingerprint density at radius 3 is 1.33 bits per heavy atom. The molecule has 0 unspecified atom stereocenters. The number of urea groups is 2. The molecule has 2 aliphatic heterocycles. The molecule has 0 aromatic carbocycles. The average Bonchev–Trinajstić information content (AvgIpc) is 3.30. The van der Waals surface area contributed by atoms with Gasteiger partial charge in [0.25, 0.3) is 0 Å². The molecule has 224 valence electrons. The van der Waals surface area contributed by atoms with Crippen molar-refractivity contribution in [3.05, 3.63) is 0 Å². The van der Waals surface area contributed by atoms with Crippen LogP contribution in [0.2, 0.25) is 0 Å². The molecule has 0 bridgehead atoms. The number of nitrogens with zero attached hydrogens (tertiary/aromatic N) is 4. The van der Waals surface area contributed by atoms with E-state index in [-0.39, 0.29) is 22.9 Å². The lowest BCUT2D eigenvalue weighted by Crippen LogP contribution is -2.39. The van der Waals surface area contributed by atoms with Crippen molar-refractivity contribution in [3.8, 4) is 0 Å². The first-order valence-electron chi connectivity index (χ1n) is 14.7. The number of likely N-dealkylation sites (N-methyl/N-ethyl adjacent to an activating group) is 2. The van der Waals surface area contributed by atoms with Gasteiger partial charge in [-0.3, -0.25) is 9.80 Å². The molecule has 8 nitrogen and oxygen atoms in total. The van der Waals surface area contributed by atoms with E-state index in [1.807, 2.05) is 13.8 Å². The van der Waals surface area contributed by atoms with Crippen LogP contribution in [0.3, 0.4) is 0 Å². The largest absolute Gasteiger partial charge is 0.381 e. The van der Waals surface area contributed by atoms with Gasteiger partial charge in [0.15, 0.2) is 0 Å². The number of hydrogen-bond acceptors (Lipinski definition) is 6. The van der Waals surface area contributed by atoms with E-state index in [2.05, 4.69) is 27.7 Å². The summed E-state index contributed by atoms with van der Waals surface area (Å²) >= 11 is 10.9. The lowest BCUT2D eigenvalue weighted by atomic mass is 9.86. The summed E-state index contributed by atoms with van der Waals surface area (Å²) in [5, 5.41) is 0. The molecule has 2 saturated heterocycles. The summed E-state index contributed by atoms with van der Waals surface area (Å²) in [6, 6.07) is 0.0998. The van der Waals surface area contributed by atoms with Crippen molar-refractivity contribution in [2.45, 2.75) is 86.5 Å². The number of rotatable bonds is 20. The second-order valence-corrected chi connectivity index (χ2v) is 13.3. The van der Waals surface area contributed by atoms with E-state index in [0.717, 1.165) is 81.4 Å². The van der Waals surface area contributed by atoms with Gasteiger partial charge in [-0.05, 0) is 56.8 Å². The summed E-state index contributed by atoms with van der Waals surface area (Å²) < 4.78 is 11.6. The molecular weight excluding hydrogens is 532 g/mol. The molecule has 2 fully saturated rings. The molecule has 39 heavy (non-hydrogen) atoms. The normalized spacial score (nSPS) is 17.0. The van der Waals surface area contributed by atoms with Gasteiger partial charge >= 0.3 is 12.1 Å². The number of amides is 4. The van der Waals surface area contributed by atoms with Crippen LogP contribution in [0, 0.1) is 10.8 Å². The summed E-state index contributed by atoms with van der Waals surface area (Å²) in [5.41, 5.74) is 0.0578. The molecule has 0 saturated carbocycles.